The number of anilines is 2. The quantitative estimate of drug-likeness (QED) is 0.498. The third-order valence-electron chi connectivity index (χ3n) is 4.13. The molecule has 0 fully saturated rings. The van der Waals surface area contributed by atoms with Gasteiger partial charge in [-0.2, -0.15) is 0 Å². The van der Waals surface area contributed by atoms with Crippen molar-refractivity contribution in [1.29, 1.82) is 5.41 Å². The Morgan fingerprint density at radius 3 is 2.47 bits per heavy atom. The largest absolute Gasteiger partial charge is 0.354 e. The van der Waals surface area contributed by atoms with Gasteiger partial charge in [0.25, 0.3) is 5.91 Å². The normalized spacial score (nSPS) is 11.0. The lowest BCUT2D eigenvalue weighted by Gasteiger charge is -2.13. The number of carbonyl (C=O) groups is 1. The van der Waals surface area contributed by atoms with Gasteiger partial charge in [0.2, 0.25) is 0 Å². The molecule has 1 amide bonds. The number of hydrogen-bond acceptors (Lipinski definition) is 7. The molecular weight excluding hydrogens is 409 g/mol. The number of aromatic nitrogens is 2. The van der Waals surface area contributed by atoms with Gasteiger partial charge >= 0.3 is 0 Å². The lowest BCUT2D eigenvalue weighted by molar-refractivity contribution is 0.0950. The van der Waals surface area contributed by atoms with Crippen LogP contribution in [-0.4, -0.2) is 36.8 Å². The third kappa shape index (κ3) is 5.03. The molecule has 0 saturated heterocycles. The molecular formula is C20H18FN5O3S. The van der Waals surface area contributed by atoms with Crippen LogP contribution in [0.5, 0.6) is 0 Å². The Morgan fingerprint density at radius 1 is 1.13 bits per heavy atom. The second-order valence-corrected chi connectivity index (χ2v) is 8.35. The summed E-state index contributed by atoms with van der Waals surface area (Å²) in [5.74, 6) is -0.839. The Bertz CT molecular complexity index is 1180. The van der Waals surface area contributed by atoms with E-state index in [4.69, 9.17) is 5.41 Å². The molecule has 0 radical (unpaired) electrons. The minimum absolute atomic E-state index is 0.0487. The zero-order valence-corrected chi connectivity index (χ0v) is 16.7. The van der Waals surface area contributed by atoms with Crippen LogP contribution in [0, 0.1) is 11.2 Å². The van der Waals surface area contributed by atoms with E-state index < -0.39 is 15.7 Å². The first-order chi connectivity index (χ1) is 14.3. The van der Waals surface area contributed by atoms with Crippen LogP contribution in [0.4, 0.5) is 15.8 Å². The second-order valence-electron chi connectivity index (χ2n) is 6.38. The minimum Gasteiger partial charge on any atom is -0.354 e. The van der Waals surface area contributed by atoms with Crippen molar-refractivity contribution in [2.24, 2.45) is 0 Å². The number of rotatable bonds is 7. The van der Waals surface area contributed by atoms with E-state index in [1.54, 1.807) is 6.07 Å². The maximum Gasteiger partial charge on any atom is 0.253 e. The Morgan fingerprint density at radius 2 is 1.87 bits per heavy atom. The maximum absolute atomic E-state index is 13.1. The van der Waals surface area contributed by atoms with Crippen molar-refractivity contribution in [3.63, 3.8) is 0 Å². The molecule has 0 aliphatic carbocycles. The van der Waals surface area contributed by atoms with Gasteiger partial charge in [0.05, 0.1) is 17.4 Å². The second kappa shape index (κ2) is 8.78. The molecule has 0 bridgehead atoms. The summed E-state index contributed by atoms with van der Waals surface area (Å²) in [6.45, 7) is 0.114. The zero-order chi connectivity index (χ0) is 21.7. The van der Waals surface area contributed by atoms with Crippen molar-refractivity contribution in [2.45, 2.75) is 11.6 Å². The number of nitrogens with zero attached hydrogens (tertiary/aromatic N) is 2. The number of amides is 1. The molecule has 0 aliphatic rings. The first-order valence-electron chi connectivity index (χ1n) is 8.72. The summed E-state index contributed by atoms with van der Waals surface area (Å²) >= 11 is 0. The first-order valence-corrected chi connectivity index (χ1v) is 10.6. The highest BCUT2D eigenvalue weighted by Gasteiger charge is 2.15. The highest BCUT2D eigenvalue weighted by atomic mass is 32.2. The molecule has 30 heavy (non-hydrogen) atoms. The van der Waals surface area contributed by atoms with E-state index >= 15 is 0 Å². The van der Waals surface area contributed by atoms with Crippen molar-refractivity contribution in [3.8, 4) is 0 Å². The Balaban J connectivity index is 1.75. The fraction of sp³-hybridized carbons (Fsp3) is 0.100. The van der Waals surface area contributed by atoms with Gasteiger partial charge in [-0.3, -0.25) is 9.78 Å². The van der Waals surface area contributed by atoms with Crippen LogP contribution < -0.4 is 10.6 Å². The highest BCUT2D eigenvalue weighted by molar-refractivity contribution is 7.90. The van der Waals surface area contributed by atoms with Gasteiger partial charge in [0.1, 0.15) is 5.82 Å². The van der Waals surface area contributed by atoms with E-state index in [-0.39, 0.29) is 23.0 Å². The summed E-state index contributed by atoms with van der Waals surface area (Å²) in [6.07, 6.45) is 6.28. The summed E-state index contributed by atoms with van der Waals surface area (Å²) < 4.78 is 36.0. The summed E-state index contributed by atoms with van der Waals surface area (Å²) in [5, 5.41) is 13.4. The molecule has 2 aromatic heterocycles. The fourth-order valence-electron chi connectivity index (χ4n) is 2.61. The van der Waals surface area contributed by atoms with Crippen LogP contribution in [-0.2, 0) is 16.4 Å². The van der Waals surface area contributed by atoms with Gasteiger partial charge in [0, 0.05) is 42.7 Å². The van der Waals surface area contributed by atoms with Crippen molar-refractivity contribution in [1.82, 2.24) is 15.3 Å². The third-order valence-corrected chi connectivity index (χ3v) is 5.13. The topological polar surface area (TPSA) is 125 Å². The van der Waals surface area contributed by atoms with Gasteiger partial charge in [0.15, 0.2) is 14.9 Å². The number of benzene rings is 1. The molecule has 3 aromatic rings. The predicted octanol–water partition coefficient (Wildman–Crippen LogP) is 2.69. The van der Waals surface area contributed by atoms with Crippen LogP contribution in [0.1, 0.15) is 21.5 Å². The van der Waals surface area contributed by atoms with Gasteiger partial charge in [-0.25, -0.2) is 17.8 Å². The van der Waals surface area contributed by atoms with Crippen molar-refractivity contribution >= 4 is 33.3 Å². The van der Waals surface area contributed by atoms with E-state index in [1.807, 2.05) is 0 Å². The standard InChI is InChI=1S/C20H18FN5O3S/c1-30(28,29)19-7-2-13(9-24-19)10-25-20(27)17-11-23-12-18(16(17)8-22)26-15-5-3-14(21)4-6-15/h2-9,11-12,22,26H,10H2,1H3,(H,25,27). The Labute approximate surface area is 172 Å². The van der Waals surface area contributed by atoms with Gasteiger partial charge in [-0.05, 0) is 35.9 Å². The average molecular weight is 427 g/mol. The lowest BCUT2D eigenvalue weighted by Crippen LogP contribution is -2.24. The number of hydrogen-bond donors (Lipinski definition) is 3. The molecule has 1 aromatic carbocycles. The summed E-state index contributed by atoms with van der Waals surface area (Å²) in [6, 6.07) is 8.57. The predicted molar refractivity (Wildman–Crippen MR) is 110 cm³/mol. The van der Waals surface area contributed by atoms with E-state index in [9.17, 15) is 17.6 Å². The summed E-state index contributed by atoms with van der Waals surface area (Å²) in [7, 11) is -3.40. The SMILES string of the molecule is CS(=O)(=O)c1ccc(CNC(=O)c2cncc(Nc3ccc(F)cc3)c2C=N)cn1. The number of carbonyl (C=O) groups excluding carboxylic acids is 1. The average Bonchev–Trinajstić information content (AvgIpc) is 2.73. The highest BCUT2D eigenvalue weighted by Crippen LogP contribution is 2.22. The van der Waals surface area contributed by atoms with Crippen LogP contribution >= 0.6 is 0 Å². The number of nitrogens with one attached hydrogen (secondary N) is 3. The molecule has 0 spiro atoms. The maximum atomic E-state index is 13.1. The first kappa shape index (κ1) is 21.1. The molecule has 154 valence electrons. The van der Waals surface area contributed by atoms with Crippen molar-refractivity contribution < 1.29 is 17.6 Å². The van der Waals surface area contributed by atoms with E-state index in [2.05, 4.69) is 20.6 Å². The Kier molecular flexibility index (Phi) is 6.17. The summed E-state index contributed by atoms with van der Waals surface area (Å²) in [4.78, 5) is 20.5. The Hall–Kier alpha value is -3.66. The minimum atomic E-state index is -3.40. The van der Waals surface area contributed by atoms with Crippen molar-refractivity contribution in [3.05, 3.63) is 77.5 Å². The van der Waals surface area contributed by atoms with Crippen molar-refractivity contribution in [2.75, 3.05) is 11.6 Å². The number of sulfone groups is 1. The van der Waals surface area contributed by atoms with Gasteiger partial charge in [-0.15, -0.1) is 0 Å². The van der Waals surface area contributed by atoms with Crippen LogP contribution in [0.25, 0.3) is 0 Å². The molecule has 0 aliphatic heterocycles. The van der Waals surface area contributed by atoms with Crippen LogP contribution in [0.2, 0.25) is 0 Å². The zero-order valence-electron chi connectivity index (χ0n) is 15.9. The van der Waals surface area contributed by atoms with E-state index in [0.29, 0.717) is 22.5 Å². The molecule has 3 N–H and O–H groups in total. The van der Waals surface area contributed by atoms with E-state index in [0.717, 1.165) is 12.5 Å². The molecule has 0 saturated carbocycles. The number of pyridine rings is 2. The molecule has 0 atom stereocenters. The number of halogens is 1. The molecule has 8 nitrogen and oxygen atoms in total. The fourth-order valence-corrected chi connectivity index (χ4v) is 3.17. The van der Waals surface area contributed by atoms with Gasteiger partial charge < -0.3 is 16.0 Å². The molecule has 2 heterocycles. The van der Waals surface area contributed by atoms with Crippen LogP contribution in [0.3, 0.4) is 0 Å². The lowest BCUT2D eigenvalue weighted by atomic mass is 10.1. The monoisotopic (exact) mass is 427 g/mol. The molecule has 10 heteroatoms. The van der Waals surface area contributed by atoms with Gasteiger partial charge in [-0.1, -0.05) is 6.07 Å². The van der Waals surface area contributed by atoms with E-state index in [1.165, 1.54) is 48.9 Å². The molecule has 0 unspecified atom stereocenters. The smallest absolute Gasteiger partial charge is 0.253 e. The molecule has 3 rings (SSSR count). The summed E-state index contributed by atoms with van der Waals surface area (Å²) in [5.41, 5.74) is 2.11. The van der Waals surface area contributed by atoms with Crippen LogP contribution in [0.15, 0.2) is 60.0 Å².